The van der Waals surface area contributed by atoms with Crippen molar-refractivity contribution >= 4 is 5.78 Å². The third kappa shape index (κ3) is 2.25. The Morgan fingerprint density at radius 1 is 1.26 bits per heavy atom. The number of carbonyl (C=O) groups is 1. The number of aromatic nitrogens is 2. The molecule has 0 N–H and O–H groups in total. The quantitative estimate of drug-likeness (QED) is 0.851. The van der Waals surface area contributed by atoms with Crippen LogP contribution in [0.15, 0.2) is 36.5 Å². The molecule has 0 aliphatic heterocycles. The third-order valence-electron chi connectivity index (χ3n) is 6.10. The summed E-state index contributed by atoms with van der Waals surface area (Å²) in [5.41, 5.74) is 4.04. The van der Waals surface area contributed by atoms with Gasteiger partial charge in [-0.25, -0.2) is 0 Å². The van der Waals surface area contributed by atoms with Crippen molar-refractivity contribution in [1.29, 1.82) is 0 Å². The molecule has 0 radical (unpaired) electrons. The van der Waals surface area contributed by atoms with Crippen LogP contribution < -0.4 is 0 Å². The Kier molecular flexibility index (Phi) is 3.40. The van der Waals surface area contributed by atoms with E-state index < -0.39 is 0 Å². The summed E-state index contributed by atoms with van der Waals surface area (Å²) in [7, 11) is 2.01. The molecule has 0 amide bonds. The Morgan fingerprint density at radius 3 is 2.83 bits per heavy atom. The topological polar surface area (TPSA) is 34.9 Å². The summed E-state index contributed by atoms with van der Waals surface area (Å²) in [6.07, 6.45) is 6.99. The van der Waals surface area contributed by atoms with Gasteiger partial charge in [-0.3, -0.25) is 9.48 Å². The van der Waals surface area contributed by atoms with Crippen molar-refractivity contribution in [2.24, 2.45) is 18.9 Å². The smallest absolute Gasteiger partial charge is 0.136 e. The normalized spacial score (nSPS) is 29.9. The lowest BCUT2D eigenvalue weighted by atomic mass is 9.54. The van der Waals surface area contributed by atoms with Crippen molar-refractivity contribution in [1.82, 2.24) is 9.78 Å². The molecular formula is C20H24N2O. The number of hydrogen-bond acceptors (Lipinski definition) is 2. The second-order valence-corrected chi connectivity index (χ2v) is 7.40. The molecule has 0 bridgehead atoms. The van der Waals surface area contributed by atoms with Crippen molar-refractivity contribution in [3.8, 4) is 0 Å². The number of fused-ring (bicyclic) bond motifs is 3. The maximum atomic E-state index is 12.3. The lowest BCUT2D eigenvalue weighted by Crippen LogP contribution is -2.50. The molecule has 120 valence electrons. The average molecular weight is 308 g/mol. The van der Waals surface area contributed by atoms with Crippen LogP contribution >= 0.6 is 0 Å². The zero-order valence-electron chi connectivity index (χ0n) is 14.0. The fourth-order valence-electron chi connectivity index (χ4n) is 5.00. The molecule has 2 aliphatic carbocycles. The van der Waals surface area contributed by atoms with Gasteiger partial charge in [0.2, 0.25) is 0 Å². The molecule has 0 unspecified atom stereocenters. The number of hydrogen-bond donors (Lipinski definition) is 0. The summed E-state index contributed by atoms with van der Waals surface area (Å²) < 4.78 is 1.96. The maximum absolute atomic E-state index is 12.3. The summed E-state index contributed by atoms with van der Waals surface area (Å²) in [6.45, 7) is 2.14. The van der Waals surface area contributed by atoms with Gasteiger partial charge in [0.05, 0.1) is 5.69 Å². The minimum absolute atomic E-state index is 0.0313. The molecule has 1 fully saturated rings. The Hall–Kier alpha value is -1.90. The van der Waals surface area contributed by atoms with E-state index in [2.05, 4.69) is 43.5 Å². The number of ketones is 1. The van der Waals surface area contributed by atoms with Crippen molar-refractivity contribution < 1.29 is 4.79 Å². The third-order valence-corrected chi connectivity index (χ3v) is 6.10. The summed E-state index contributed by atoms with van der Waals surface area (Å²) >= 11 is 0. The van der Waals surface area contributed by atoms with Crippen LogP contribution in [0, 0.1) is 11.8 Å². The van der Waals surface area contributed by atoms with E-state index >= 15 is 0 Å². The number of Topliss-reactive ketones (excluding diaryl/α,β-unsaturated/α-hetero) is 1. The van der Waals surface area contributed by atoms with Gasteiger partial charge in [-0.15, -0.1) is 0 Å². The van der Waals surface area contributed by atoms with Crippen LogP contribution in [0.4, 0.5) is 0 Å². The molecule has 23 heavy (non-hydrogen) atoms. The zero-order valence-corrected chi connectivity index (χ0v) is 14.0. The first-order chi connectivity index (χ1) is 11.1. The molecule has 4 rings (SSSR count). The molecule has 2 aromatic rings. The first-order valence-corrected chi connectivity index (χ1v) is 8.70. The number of aryl methyl sites for hydroxylation is 2. The summed E-state index contributed by atoms with van der Waals surface area (Å²) in [5, 5.41) is 4.87. The monoisotopic (exact) mass is 308 g/mol. The van der Waals surface area contributed by atoms with Crippen molar-refractivity contribution in [3.63, 3.8) is 0 Å². The van der Waals surface area contributed by atoms with E-state index in [4.69, 9.17) is 5.10 Å². The summed E-state index contributed by atoms with van der Waals surface area (Å²) in [4.78, 5) is 12.3. The van der Waals surface area contributed by atoms with Gasteiger partial charge < -0.3 is 0 Å². The highest BCUT2D eigenvalue weighted by molar-refractivity contribution is 5.82. The largest absolute Gasteiger partial charge is 0.299 e. The Labute approximate surface area is 137 Å². The molecule has 1 aromatic carbocycles. The van der Waals surface area contributed by atoms with Gasteiger partial charge in [0.25, 0.3) is 0 Å². The van der Waals surface area contributed by atoms with Crippen molar-refractivity contribution in [2.75, 3.05) is 0 Å². The molecular weight excluding hydrogens is 284 g/mol. The van der Waals surface area contributed by atoms with Gasteiger partial charge >= 0.3 is 0 Å². The average Bonchev–Trinajstić information content (AvgIpc) is 2.94. The van der Waals surface area contributed by atoms with Gasteiger partial charge in [-0.1, -0.05) is 37.3 Å². The lowest BCUT2D eigenvalue weighted by molar-refractivity contribution is -0.129. The number of benzene rings is 1. The van der Waals surface area contributed by atoms with Gasteiger partial charge in [-0.2, -0.15) is 5.10 Å². The van der Waals surface area contributed by atoms with Crippen LogP contribution in [0.5, 0.6) is 0 Å². The van der Waals surface area contributed by atoms with Gasteiger partial charge in [-0.05, 0) is 42.7 Å². The Morgan fingerprint density at radius 2 is 2.04 bits per heavy atom. The number of rotatable bonds is 2. The number of nitrogens with zero attached hydrogens (tertiary/aromatic N) is 2. The minimum atomic E-state index is 0.0313. The summed E-state index contributed by atoms with van der Waals surface area (Å²) in [5.74, 6) is 1.02. The first-order valence-electron chi connectivity index (χ1n) is 8.70. The van der Waals surface area contributed by atoms with E-state index in [0.29, 0.717) is 18.1 Å². The molecule has 1 aromatic heterocycles. The van der Waals surface area contributed by atoms with Crippen LogP contribution in [0.1, 0.15) is 43.0 Å². The van der Waals surface area contributed by atoms with Crippen LogP contribution in [0.2, 0.25) is 0 Å². The van der Waals surface area contributed by atoms with Gasteiger partial charge in [0, 0.05) is 31.0 Å². The van der Waals surface area contributed by atoms with Gasteiger partial charge in [0.1, 0.15) is 5.78 Å². The van der Waals surface area contributed by atoms with Crippen LogP contribution in [0.25, 0.3) is 0 Å². The van der Waals surface area contributed by atoms with E-state index in [1.807, 2.05) is 11.7 Å². The fraction of sp³-hybridized carbons (Fsp3) is 0.500. The fourth-order valence-corrected chi connectivity index (χ4v) is 5.00. The minimum Gasteiger partial charge on any atom is -0.299 e. The predicted molar refractivity (Wildman–Crippen MR) is 90.2 cm³/mol. The highest BCUT2D eigenvalue weighted by Crippen LogP contribution is 2.52. The molecule has 0 saturated heterocycles. The predicted octanol–water partition coefficient (Wildman–Crippen LogP) is 3.46. The van der Waals surface area contributed by atoms with Crippen molar-refractivity contribution in [3.05, 3.63) is 53.3 Å². The molecule has 1 saturated carbocycles. The lowest BCUT2D eigenvalue weighted by Gasteiger charge is -2.49. The number of carbonyl (C=O) groups excluding carboxylic acids is 1. The molecule has 3 nitrogen and oxygen atoms in total. The standard InChI is InChI=1S/C20H24N2O/c1-14-17-9-8-16-13-22(2)21-19(16)20(17,11-10-18(14)23)12-15-6-4-3-5-7-15/h3-7,13-14,17H,8-12H2,1-2H3/t14-,17-,20+/m0/s1. The van der Waals surface area contributed by atoms with Crippen LogP contribution in [0.3, 0.4) is 0 Å². The molecule has 3 heteroatoms. The van der Waals surface area contributed by atoms with Crippen LogP contribution in [-0.4, -0.2) is 15.6 Å². The maximum Gasteiger partial charge on any atom is 0.136 e. The molecule has 1 heterocycles. The van der Waals surface area contributed by atoms with Crippen LogP contribution in [-0.2, 0) is 30.1 Å². The van der Waals surface area contributed by atoms with Crippen molar-refractivity contribution in [2.45, 2.75) is 44.4 Å². The van der Waals surface area contributed by atoms with E-state index in [1.165, 1.54) is 16.8 Å². The SMILES string of the molecule is C[C@@H]1C(=O)CC[C@]2(Cc3ccccc3)c3nn(C)cc3CC[C@@H]12. The molecule has 3 atom stereocenters. The summed E-state index contributed by atoms with van der Waals surface area (Å²) in [6, 6.07) is 10.7. The van der Waals surface area contributed by atoms with E-state index in [-0.39, 0.29) is 11.3 Å². The Bertz CT molecular complexity index is 733. The van der Waals surface area contributed by atoms with E-state index in [0.717, 1.165) is 25.7 Å². The Balaban J connectivity index is 1.84. The zero-order chi connectivity index (χ0) is 16.0. The molecule has 2 aliphatic rings. The highest BCUT2D eigenvalue weighted by atomic mass is 16.1. The second kappa shape index (κ2) is 5.33. The van der Waals surface area contributed by atoms with E-state index in [9.17, 15) is 4.79 Å². The van der Waals surface area contributed by atoms with Gasteiger partial charge in [0.15, 0.2) is 0 Å². The highest BCUT2D eigenvalue weighted by Gasteiger charge is 2.52. The second-order valence-electron chi connectivity index (χ2n) is 7.40. The first kappa shape index (κ1) is 14.7. The molecule has 0 spiro atoms. The van der Waals surface area contributed by atoms with E-state index in [1.54, 1.807) is 0 Å².